The molecule has 0 bridgehead atoms. The number of benzene rings is 1. The van der Waals surface area contributed by atoms with Crippen molar-refractivity contribution in [1.29, 1.82) is 0 Å². The van der Waals surface area contributed by atoms with E-state index in [1.807, 2.05) is 13.8 Å². The molecule has 0 radical (unpaired) electrons. The lowest BCUT2D eigenvalue weighted by Gasteiger charge is -2.23. The van der Waals surface area contributed by atoms with Gasteiger partial charge in [-0.15, -0.1) is 0 Å². The number of halogens is 1. The van der Waals surface area contributed by atoms with Gasteiger partial charge in [-0.25, -0.2) is 8.42 Å². The molecule has 2 atom stereocenters. The molecule has 27 heavy (non-hydrogen) atoms. The zero-order valence-corrected chi connectivity index (χ0v) is 17.7. The number of hydrogen-bond acceptors (Lipinski definition) is 5. The number of rotatable bonds is 9. The van der Waals surface area contributed by atoms with E-state index in [-0.39, 0.29) is 15.8 Å². The molecule has 2 N–H and O–H groups in total. The molecule has 0 saturated heterocycles. The topological polar surface area (TPSA) is 102 Å². The average Bonchev–Trinajstić information content (AvgIpc) is 2.57. The number of hydrogen-bond donors (Lipinski definition) is 2. The van der Waals surface area contributed by atoms with E-state index in [4.69, 9.17) is 16.3 Å². The van der Waals surface area contributed by atoms with Crippen LogP contribution in [0.3, 0.4) is 0 Å². The van der Waals surface area contributed by atoms with Crippen molar-refractivity contribution in [3.63, 3.8) is 0 Å². The van der Waals surface area contributed by atoms with Crippen molar-refractivity contribution < 1.29 is 22.7 Å². The van der Waals surface area contributed by atoms with Crippen LogP contribution in [0.4, 0.5) is 0 Å². The summed E-state index contributed by atoms with van der Waals surface area (Å²) in [5, 5.41) is 2.93. The summed E-state index contributed by atoms with van der Waals surface area (Å²) in [6, 6.07) is 4.56. The number of carbonyl (C=O) groups is 2. The van der Waals surface area contributed by atoms with Crippen molar-refractivity contribution in [3.05, 3.63) is 29.3 Å². The molecule has 0 aliphatic heterocycles. The van der Waals surface area contributed by atoms with Gasteiger partial charge >= 0.3 is 5.97 Å². The number of carbonyl (C=O) groups excluding carboxylic acids is 2. The number of nitrogens with one attached hydrogen (secondary N) is 2. The predicted molar refractivity (Wildman–Crippen MR) is 104 cm³/mol. The van der Waals surface area contributed by atoms with E-state index in [2.05, 4.69) is 10.0 Å². The molecule has 0 heterocycles. The summed E-state index contributed by atoms with van der Waals surface area (Å²) in [6.07, 6.45) is -1.03. The van der Waals surface area contributed by atoms with Crippen molar-refractivity contribution in [2.45, 2.75) is 51.7 Å². The maximum atomic E-state index is 12.5. The monoisotopic (exact) mass is 418 g/mol. The number of esters is 1. The van der Waals surface area contributed by atoms with Crippen LogP contribution >= 0.6 is 11.6 Å². The third-order valence-corrected chi connectivity index (χ3v) is 5.33. The molecule has 9 heteroatoms. The fraction of sp³-hybridized carbons (Fsp3) is 0.556. The second kappa shape index (κ2) is 10.1. The molecule has 1 rings (SSSR count). The minimum atomic E-state index is -3.99. The molecule has 1 aromatic carbocycles. The second-order valence-electron chi connectivity index (χ2n) is 7.02. The Morgan fingerprint density at radius 1 is 1.15 bits per heavy atom. The van der Waals surface area contributed by atoms with E-state index in [0.29, 0.717) is 6.54 Å². The number of sulfonamides is 1. The van der Waals surface area contributed by atoms with Gasteiger partial charge in [0.05, 0.1) is 4.90 Å². The normalized spacial score (nSPS) is 14.1. The summed E-state index contributed by atoms with van der Waals surface area (Å²) >= 11 is 5.84. The first kappa shape index (κ1) is 23.4. The van der Waals surface area contributed by atoms with Gasteiger partial charge < -0.3 is 10.1 Å². The van der Waals surface area contributed by atoms with Crippen LogP contribution in [-0.2, 0) is 24.3 Å². The van der Waals surface area contributed by atoms with Gasteiger partial charge in [0.1, 0.15) is 6.04 Å². The zero-order valence-electron chi connectivity index (χ0n) is 16.2. The Morgan fingerprint density at radius 2 is 1.78 bits per heavy atom. The van der Waals surface area contributed by atoms with Crippen molar-refractivity contribution in [1.82, 2.24) is 10.0 Å². The maximum Gasteiger partial charge on any atom is 0.325 e. The quantitative estimate of drug-likeness (QED) is 0.599. The van der Waals surface area contributed by atoms with Crippen LogP contribution < -0.4 is 10.0 Å². The smallest absolute Gasteiger partial charge is 0.325 e. The van der Waals surface area contributed by atoms with Gasteiger partial charge in [-0.3, -0.25) is 9.59 Å². The molecule has 0 spiro atoms. The van der Waals surface area contributed by atoms with Gasteiger partial charge in [-0.1, -0.05) is 45.4 Å². The maximum absolute atomic E-state index is 12.5. The molecule has 1 amide bonds. The van der Waals surface area contributed by atoms with E-state index in [1.165, 1.54) is 25.1 Å². The fourth-order valence-electron chi connectivity index (χ4n) is 2.08. The molecule has 7 nitrogen and oxygen atoms in total. The lowest BCUT2D eigenvalue weighted by Crippen LogP contribution is -2.47. The highest BCUT2D eigenvalue weighted by Gasteiger charge is 2.31. The molecule has 0 aliphatic rings. The summed E-state index contributed by atoms with van der Waals surface area (Å²) in [5.74, 6) is -1.39. The van der Waals surface area contributed by atoms with Crippen LogP contribution in [0.15, 0.2) is 29.2 Å². The Bertz CT molecular complexity index is 765. The number of ether oxygens (including phenoxy) is 1. The second-order valence-corrected chi connectivity index (χ2v) is 9.17. The molecule has 0 aromatic heterocycles. The molecular weight excluding hydrogens is 392 g/mol. The summed E-state index contributed by atoms with van der Waals surface area (Å²) in [6.45, 7) is 9.13. The molecule has 1 aromatic rings. The molecule has 0 fully saturated rings. The highest BCUT2D eigenvalue weighted by atomic mass is 35.5. The number of amides is 1. The molecule has 152 valence electrons. The van der Waals surface area contributed by atoms with E-state index in [9.17, 15) is 18.0 Å². The van der Waals surface area contributed by atoms with Gasteiger partial charge in [0.2, 0.25) is 10.0 Å². The summed E-state index contributed by atoms with van der Waals surface area (Å²) in [4.78, 5) is 24.4. The van der Waals surface area contributed by atoms with Crippen molar-refractivity contribution in [2.24, 2.45) is 11.8 Å². The first-order chi connectivity index (χ1) is 12.4. The summed E-state index contributed by atoms with van der Waals surface area (Å²) in [5.41, 5.74) is 0. The van der Waals surface area contributed by atoms with Crippen LogP contribution in [0, 0.1) is 11.8 Å². The van der Waals surface area contributed by atoms with Crippen LogP contribution in [-0.4, -0.2) is 39.0 Å². The van der Waals surface area contributed by atoms with Crippen LogP contribution in [0.1, 0.15) is 34.6 Å². The minimum absolute atomic E-state index is 0.0591. The largest absolute Gasteiger partial charge is 0.451 e. The van der Waals surface area contributed by atoms with E-state index >= 15 is 0 Å². The summed E-state index contributed by atoms with van der Waals surface area (Å²) in [7, 11) is -3.99. The Hall–Kier alpha value is -1.64. The first-order valence-electron chi connectivity index (χ1n) is 8.70. The molecular formula is C18H27ClN2O5S. The van der Waals surface area contributed by atoms with E-state index in [0.717, 1.165) is 0 Å². The third-order valence-electron chi connectivity index (χ3n) is 3.66. The van der Waals surface area contributed by atoms with Crippen LogP contribution in [0.5, 0.6) is 0 Å². The van der Waals surface area contributed by atoms with Crippen LogP contribution in [0.25, 0.3) is 0 Å². The zero-order chi connectivity index (χ0) is 20.8. The fourth-order valence-corrected chi connectivity index (χ4v) is 3.71. The highest BCUT2D eigenvalue weighted by molar-refractivity contribution is 7.89. The Balaban J connectivity index is 2.86. The SMILES string of the molecule is CC(C)CNC(=O)[C@@H](C)OC(=O)[C@@H](NS(=O)(=O)c1cccc(Cl)c1)C(C)C. The average molecular weight is 419 g/mol. The van der Waals surface area contributed by atoms with Crippen molar-refractivity contribution in [2.75, 3.05) is 6.54 Å². The standard InChI is InChI=1S/C18H27ClN2O5S/c1-11(2)10-20-17(22)13(5)26-18(23)16(12(3)4)21-27(24,25)15-8-6-7-14(19)9-15/h6-9,11-13,16,21H,10H2,1-5H3,(H,20,22)/t13-,16+/m1/s1. The van der Waals surface area contributed by atoms with Gasteiger partial charge in [0.15, 0.2) is 6.10 Å². The third kappa shape index (κ3) is 7.48. The first-order valence-corrected chi connectivity index (χ1v) is 10.6. The molecule has 0 aliphatic carbocycles. The lowest BCUT2D eigenvalue weighted by molar-refractivity contribution is -0.157. The van der Waals surface area contributed by atoms with Gasteiger partial charge in [-0.05, 0) is 37.0 Å². The predicted octanol–water partition coefficient (Wildman–Crippen LogP) is 2.35. The van der Waals surface area contributed by atoms with Crippen molar-refractivity contribution in [3.8, 4) is 0 Å². The van der Waals surface area contributed by atoms with Crippen molar-refractivity contribution >= 4 is 33.5 Å². The summed E-state index contributed by atoms with van der Waals surface area (Å²) < 4.78 is 32.6. The van der Waals surface area contributed by atoms with E-state index in [1.54, 1.807) is 19.9 Å². The molecule has 0 saturated carbocycles. The Morgan fingerprint density at radius 3 is 2.30 bits per heavy atom. The highest BCUT2D eigenvalue weighted by Crippen LogP contribution is 2.17. The van der Waals surface area contributed by atoms with E-state index < -0.39 is 40.0 Å². The van der Waals surface area contributed by atoms with Gasteiger partial charge in [0.25, 0.3) is 5.91 Å². The lowest BCUT2D eigenvalue weighted by atomic mass is 10.1. The van der Waals surface area contributed by atoms with Gasteiger partial charge in [-0.2, -0.15) is 4.72 Å². The van der Waals surface area contributed by atoms with Gasteiger partial charge in [0, 0.05) is 11.6 Å². The minimum Gasteiger partial charge on any atom is -0.451 e. The van der Waals surface area contributed by atoms with Crippen LogP contribution in [0.2, 0.25) is 5.02 Å². The molecule has 0 unspecified atom stereocenters. The Labute approximate surface area is 165 Å². The Kier molecular flexibility index (Phi) is 8.71.